The number of carbonyl (C=O) groups excluding carboxylic acids is 8. The largest absolute Gasteiger partial charge is 0.394 e. The number of likely N-dealkylation sites (tertiary alicyclic amines) is 1. The molecular formula is C85H152N4O26. The van der Waals surface area contributed by atoms with Crippen molar-refractivity contribution < 1.29 is 127 Å². The van der Waals surface area contributed by atoms with E-state index in [1.165, 1.54) is 0 Å². The van der Waals surface area contributed by atoms with Crippen molar-refractivity contribution in [1.29, 1.82) is 0 Å². The fourth-order valence-corrected chi connectivity index (χ4v) is 15.2. The van der Waals surface area contributed by atoms with Crippen LogP contribution in [0.25, 0.3) is 0 Å². The monoisotopic (exact) mass is 1650 g/mol. The van der Waals surface area contributed by atoms with Crippen LogP contribution in [-0.4, -0.2) is 286 Å². The van der Waals surface area contributed by atoms with Crippen molar-refractivity contribution in [3.63, 3.8) is 0 Å². The zero-order valence-electron chi connectivity index (χ0n) is 70.5. The van der Waals surface area contributed by atoms with Crippen LogP contribution in [-0.2, 0) is 76.3 Å². The van der Waals surface area contributed by atoms with Crippen LogP contribution in [0.3, 0.4) is 0 Å². The van der Waals surface area contributed by atoms with Gasteiger partial charge < -0.3 is 110 Å². The number of β-amino-alcohol motifs (C(OH)–C–C–N with tert-alkyl or cyclic N) is 1. The zero-order valence-corrected chi connectivity index (χ0v) is 70.5. The van der Waals surface area contributed by atoms with Gasteiger partial charge in [-0.05, 0) is 108 Å². The highest BCUT2D eigenvalue weighted by Gasteiger charge is 2.45. The Morgan fingerprint density at radius 2 is 0.748 bits per heavy atom. The summed E-state index contributed by atoms with van der Waals surface area (Å²) in [6, 6.07) is 0.0835. The number of aliphatic hydroxyl groups excluding tert-OH is 10. The summed E-state index contributed by atoms with van der Waals surface area (Å²) in [5, 5.41) is 109. The van der Waals surface area contributed by atoms with Gasteiger partial charge in [0.2, 0.25) is 23.6 Å². The first kappa shape index (κ1) is 103. The summed E-state index contributed by atoms with van der Waals surface area (Å²) in [6.07, 6.45) is 10.0. The number of rotatable bonds is 66. The van der Waals surface area contributed by atoms with E-state index in [1.807, 2.05) is 11.8 Å². The number of Topliss-reactive ketones (excluding diaryl/α,β-unsaturated/α-hetero) is 4. The van der Waals surface area contributed by atoms with E-state index >= 15 is 0 Å². The summed E-state index contributed by atoms with van der Waals surface area (Å²) >= 11 is 0. The molecule has 4 heterocycles. The second-order valence-corrected chi connectivity index (χ2v) is 34.2. The van der Waals surface area contributed by atoms with Crippen LogP contribution in [0.5, 0.6) is 0 Å². The van der Waals surface area contributed by atoms with E-state index in [0.29, 0.717) is 142 Å². The maximum absolute atomic E-state index is 14.1. The Balaban J connectivity index is 1.28. The SMILES string of the molecule is CC1C(CCCCCC(=O)CCCCCC(=O)CCOCC(COCCC(=O)CCCCCC(=O)CCCCOC2OC(CO)C(O)C(O)C2C)(COCCC(=O)NCCCNC(=O)CCCCOC2OC(CO)C(O)C(O)C2C)NC(=O)CCCCCCCCCCC(=O)N2C[C@H](O)C[C@H]2CCC(C)(C)C)OC(CO)C(O)C1O. The van der Waals surface area contributed by atoms with E-state index in [4.69, 9.17) is 37.9 Å². The summed E-state index contributed by atoms with van der Waals surface area (Å²) in [4.78, 5) is 107. The Hall–Kier alpha value is -4.16. The number of nitrogens with zero attached hydrogens (tertiary/aromatic N) is 1. The quantitative estimate of drug-likeness (QED) is 0.0304. The predicted molar refractivity (Wildman–Crippen MR) is 428 cm³/mol. The average molecular weight is 1650 g/mol. The fourth-order valence-electron chi connectivity index (χ4n) is 15.2. The molecule has 0 spiro atoms. The molecule has 4 aliphatic heterocycles. The van der Waals surface area contributed by atoms with Crippen molar-refractivity contribution in [2.75, 3.05) is 92.3 Å². The van der Waals surface area contributed by atoms with E-state index < -0.39 is 104 Å². The summed E-state index contributed by atoms with van der Waals surface area (Å²) in [7, 11) is 0. The minimum atomic E-state index is -1.32. The number of ketones is 4. The van der Waals surface area contributed by atoms with Crippen LogP contribution < -0.4 is 16.0 Å². The van der Waals surface area contributed by atoms with E-state index in [-0.39, 0.29) is 181 Å². The van der Waals surface area contributed by atoms with Crippen LogP contribution in [0.4, 0.5) is 0 Å². The first-order valence-corrected chi connectivity index (χ1v) is 43.7. The van der Waals surface area contributed by atoms with Gasteiger partial charge in [0.25, 0.3) is 0 Å². The first-order valence-electron chi connectivity index (χ1n) is 43.7. The van der Waals surface area contributed by atoms with Gasteiger partial charge >= 0.3 is 0 Å². The number of nitrogens with one attached hydrogen (secondary N) is 3. The summed E-state index contributed by atoms with van der Waals surface area (Å²) in [5.74, 6) is -1.79. The number of hydrogen-bond donors (Lipinski definition) is 13. The molecule has 13 N–H and O–H groups in total. The van der Waals surface area contributed by atoms with E-state index in [1.54, 1.807) is 13.8 Å². The van der Waals surface area contributed by atoms with Gasteiger partial charge in [-0.1, -0.05) is 106 Å². The summed E-state index contributed by atoms with van der Waals surface area (Å²) < 4.78 is 47.2. The molecule has 668 valence electrons. The molecule has 0 radical (unpaired) electrons. The fraction of sp³-hybridized carbons (Fsp3) is 0.906. The van der Waals surface area contributed by atoms with Crippen LogP contribution >= 0.6 is 0 Å². The van der Waals surface area contributed by atoms with E-state index in [2.05, 4.69) is 36.7 Å². The molecule has 0 bridgehead atoms. The molecule has 115 heavy (non-hydrogen) atoms. The Morgan fingerprint density at radius 3 is 1.21 bits per heavy atom. The minimum absolute atomic E-state index is 0.0121. The van der Waals surface area contributed by atoms with Gasteiger partial charge in [-0.2, -0.15) is 0 Å². The maximum atomic E-state index is 14.1. The maximum Gasteiger partial charge on any atom is 0.222 e. The smallest absolute Gasteiger partial charge is 0.222 e. The molecule has 30 nitrogen and oxygen atoms in total. The normalized spacial score (nSPS) is 26.3. The van der Waals surface area contributed by atoms with Crippen molar-refractivity contribution in [2.45, 2.75) is 377 Å². The Morgan fingerprint density at radius 1 is 0.383 bits per heavy atom. The highest BCUT2D eigenvalue weighted by molar-refractivity contribution is 5.80. The van der Waals surface area contributed by atoms with Crippen molar-refractivity contribution in [1.82, 2.24) is 20.9 Å². The average Bonchev–Trinajstić information content (AvgIpc) is 1.85. The van der Waals surface area contributed by atoms with Gasteiger partial charge in [-0.25, -0.2) is 0 Å². The molecule has 0 aromatic carbocycles. The molecule has 4 rings (SSSR count). The lowest BCUT2D eigenvalue weighted by Crippen LogP contribution is -2.58. The third-order valence-electron chi connectivity index (χ3n) is 22.8. The molecule has 16 unspecified atom stereocenters. The highest BCUT2D eigenvalue weighted by Crippen LogP contribution is 2.33. The molecule has 30 heteroatoms. The third kappa shape index (κ3) is 42.3. The van der Waals surface area contributed by atoms with Crippen LogP contribution in [0, 0.1) is 23.2 Å². The topological polar surface area (TPSA) is 452 Å². The molecule has 0 aromatic rings. The van der Waals surface area contributed by atoms with Crippen LogP contribution in [0.2, 0.25) is 0 Å². The molecule has 4 amide bonds. The van der Waals surface area contributed by atoms with Crippen LogP contribution in [0.1, 0.15) is 286 Å². The lowest BCUT2D eigenvalue weighted by Gasteiger charge is -2.41. The Kier molecular flexibility index (Phi) is 52.7. The van der Waals surface area contributed by atoms with Crippen molar-refractivity contribution in [3.8, 4) is 0 Å². The number of hydrogen-bond acceptors (Lipinski definition) is 26. The van der Waals surface area contributed by atoms with Crippen molar-refractivity contribution >= 4 is 46.8 Å². The minimum Gasteiger partial charge on any atom is -0.394 e. The lowest BCUT2D eigenvalue weighted by atomic mass is 9.86. The van der Waals surface area contributed by atoms with E-state index in [0.717, 1.165) is 70.6 Å². The molecular weight excluding hydrogens is 1490 g/mol. The molecule has 4 aliphatic rings. The Bertz CT molecular complexity index is 2490. The molecule has 18 atom stereocenters. The summed E-state index contributed by atoms with van der Waals surface area (Å²) in [5.41, 5.74) is -1.17. The van der Waals surface area contributed by atoms with Gasteiger partial charge in [-0.3, -0.25) is 38.4 Å². The molecule has 4 saturated heterocycles. The number of unbranched alkanes of at least 4 members (excludes halogenated alkanes) is 15. The van der Waals surface area contributed by atoms with Crippen LogP contribution in [0.15, 0.2) is 0 Å². The van der Waals surface area contributed by atoms with Gasteiger partial charge in [0.05, 0.1) is 90.0 Å². The molecule has 0 aliphatic carbocycles. The molecule has 4 fully saturated rings. The van der Waals surface area contributed by atoms with E-state index in [9.17, 15) is 89.4 Å². The van der Waals surface area contributed by atoms with Gasteiger partial charge in [0.1, 0.15) is 65.3 Å². The second kappa shape index (κ2) is 58.7. The zero-order chi connectivity index (χ0) is 84.6. The Labute approximate surface area is 684 Å². The lowest BCUT2D eigenvalue weighted by molar-refractivity contribution is -0.282. The first-order chi connectivity index (χ1) is 55.0. The second-order valence-electron chi connectivity index (χ2n) is 34.2. The molecule has 0 saturated carbocycles. The predicted octanol–water partition coefficient (Wildman–Crippen LogP) is 6.14. The highest BCUT2D eigenvalue weighted by atomic mass is 16.7. The number of ether oxygens (including phenoxy) is 8. The summed E-state index contributed by atoms with van der Waals surface area (Å²) in [6.45, 7) is 11.5. The van der Waals surface area contributed by atoms with Gasteiger partial charge in [-0.15, -0.1) is 0 Å². The standard InChI is InChI=1S/C85H152N4O26/c1-59-68(113-69(53-90)79(105)76(59)102)35-21-15-20-31-63(93)29-16-13-18-32-65(95)40-48-108-56-85(88-74(100)37-22-11-9-7-8-10-12-23-38-75(101)89-52-67(97)51-62(89)39-43-84(4,5)6,57-109-49-41-66(96)33-19-14-17-30-64(94)34-24-26-46-111-82-60(2)77(103)80(106)70(54-91)114-82)58-110-50-42-73(99)87-45-28-44-86-72(98)36-25-27-47-112-83-61(3)78(104)81(107)71(55-92)115-83/h59-62,67-71,76-83,90-92,97,102-107H,7-58H2,1-6H3,(H,86,98)(H,87,99)(H,88,100)/t59?,60?,61?,62-,67-,68?,69?,70?,71?,76?,77?,78?,79?,80?,81?,82?,83?,85?/m1/s1. The third-order valence-corrected chi connectivity index (χ3v) is 22.8. The number of amides is 4. The van der Waals surface area contributed by atoms with Gasteiger partial charge in [0, 0.05) is 134 Å². The number of aliphatic hydroxyl groups is 10. The number of carbonyl (C=O) groups is 8. The van der Waals surface area contributed by atoms with Crippen molar-refractivity contribution in [3.05, 3.63) is 0 Å². The molecule has 0 aromatic heterocycles. The van der Waals surface area contributed by atoms with Crippen molar-refractivity contribution in [2.24, 2.45) is 23.2 Å². The van der Waals surface area contributed by atoms with Gasteiger partial charge in [0.15, 0.2) is 12.6 Å².